The number of carbonyl (C=O) groups is 1. The van der Waals surface area contributed by atoms with Crippen LogP contribution in [0.5, 0.6) is 0 Å². The predicted molar refractivity (Wildman–Crippen MR) is 59.9 cm³/mol. The molecule has 1 aliphatic rings. The van der Waals surface area contributed by atoms with Crippen molar-refractivity contribution >= 4 is 17.4 Å². The van der Waals surface area contributed by atoms with Crippen molar-refractivity contribution < 1.29 is 4.79 Å². The number of anilines is 2. The third-order valence-electron chi connectivity index (χ3n) is 2.79. The van der Waals surface area contributed by atoms with Crippen LogP contribution in [-0.2, 0) is 4.79 Å². The lowest BCUT2D eigenvalue weighted by molar-refractivity contribution is -0.119. The second-order valence-electron chi connectivity index (χ2n) is 3.83. The van der Waals surface area contributed by atoms with Crippen LogP contribution in [-0.4, -0.2) is 17.4 Å². The fraction of sp³-hybridized carbons (Fsp3) is 0.455. The molecule has 1 atom stereocenters. The average molecular weight is 205 g/mol. The quantitative estimate of drug-likeness (QED) is 0.734. The van der Waals surface area contributed by atoms with Gasteiger partial charge in [-0.3, -0.25) is 4.79 Å². The second kappa shape index (κ2) is 3.88. The van der Waals surface area contributed by atoms with E-state index in [0.717, 1.165) is 23.5 Å². The third kappa shape index (κ3) is 1.79. The summed E-state index contributed by atoms with van der Waals surface area (Å²) in [6.07, 6.45) is 2.59. The molecule has 1 aromatic rings. The molecule has 0 saturated heterocycles. The highest BCUT2D eigenvalue weighted by molar-refractivity contribution is 5.97. The first-order chi connectivity index (χ1) is 7.22. The molecule has 15 heavy (non-hydrogen) atoms. The summed E-state index contributed by atoms with van der Waals surface area (Å²) in [7, 11) is 0. The topological polar surface area (TPSA) is 54.0 Å². The molecule has 0 radical (unpaired) electrons. The molecule has 1 aromatic heterocycles. The molecule has 0 spiro atoms. The Morgan fingerprint density at radius 1 is 1.60 bits per heavy atom. The number of aromatic nitrogens is 1. The average Bonchev–Trinajstić information content (AvgIpc) is 2.38. The Morgan fingerprint density at radius 2 is 2.40 bits per heavy atom. The number of nitrogens with zero attached hydrogens (tertiary/aromatic N) is 1. The highest BCUT2D eigenvalue weighted by Crippen LogP contribution is 2.26. The van der Waals surface area contributed by atoms with E-state index in [1.807, 2.05) is 19.9 Å². The van der Waals surface area contributed by atoms with E-state index in [4.69, 9.17) is 0 Å². The lowest BCUT2D eigenvalue weighted by atomic mass is 10.1. The zero-order chi connectivity index (χ0) is 10.8. The van der Waals surface area contributed by atoms with Gasteiger partial charge in [-0.15, -0.1) is 0 Å². The summed E-state index contributed by atoms with van der Waals surface area (Å²) in [6.45, 7) is 4.64. The van der Waals surface area contributed by atoms with Crippen LogP contribution < -0.4 is 10.6 Å². The number of aryl methyl sites for hydroxylation is 1. The molecule has 2 heterocycles. The smallest absolute Gasteiger partial charge is 0.229 e. The Bertz CT molecular complexity index is 389. The van der Waals surface area contributed by atoms with Gasteiger partial charge in [0.25, 0.3) is 0 Å². The molecule has 1 amide bonds. The molecule has 4 heteroatoms. The number of nitrogens with one attached hydrogen (secondary N) is 2. The number of hydrogen-bond donors (Lipinski definition) is 2. The fourth-order valence-electron chi connectivity index (χ4n) is 1.72. The largest absolute Gasteiger partial charge is 0.368 e. The van der Waals surface area contributed by atoms with Gasteiger partial charge in [0.15, 0.2) is 0 Å². The molecular formula is C11H15N3O. The van der Waals surface area contributed by atoms with E-state index in [2.05, 4.69) is 15.6 Å². The zero-order valence-electron chi connectivity index (χ0n) is 9.00. The van der Waals surface area contributed by atoms with Gasteiger partial charge in [0, 0.05) is 12.7 Å². The highest BCUT2D eigenvalue weighted by atomic mass is 16.1. The van der Waals surface area contributed by atoms with Crippen LogP contribution in [0.1, 0.15) is 18.9 Å². The van der Waals surface area contributed by atoms with Crippen molar-refractivity contribution in [2.45, 2.75) is 20.3 Å². The first kappa shape index (κ1) is 9.96. The molecule has 0 bridgehead atoms. The molecule has 0 aromatic carbocycles. The van der Waals surface area contributed by atoms with Crippen LogP contribution in [0.4, 0.5) is 11.5 Å². The summed E-state index contributed by atoms with van der Waals surface area (Å²) in [5, 5.41) is 6.13. The fourth-order valence-corrected chi connectivity index (χ4v) is 1.72. The number of carbonyl (C=O) groups excluding carboxylic acids is 1. The van der Waals surface area contributed by atoms with E-state index in [1.165, 1.54) is 0 Å². The van der Waals surface area contributed by atoms with Crippen LogP contribution >= 0.6 is 0 Å². The Kier molecular flexibility index (Phi) is 2.58. The lowest BCUT2D eigenvalue weighted by Crippen LogP contribution is -2.25. The van der Waals surface area contributed by atoms with Gasteiger partial charge in [-0.1, -0.05) is 6.92 Å². The standard InChI is InChI=1S/C11H15N3O/c1-3-8-6-13-10-9(14-11(8)15)7(2)4-5-12-10/h4-5,8H,3,6H2,1-2H3,(H,12,13)(H,14,15). The van der Waals surface area contributed by atoms with Crippen molar-refractivity contribution in [1.82, 2.24) is 4.98 Å². The van der Waals surface area contributed by atoms with E-state index in [-0.39, 0.29) is 11.8 Å². The highest BCUT2D eigenvalue weighted by Gasteiger charge is 2.22. The zero-order valence-corrected chi connectivity index (χ0v) is 9.00. The maximum Gasteiger partial charge on any atom is 0.229 e. The van der Waals surface area contributed by atoms with Crippen molar-refractivity contribution in [2.24, 2.45) is 5.92 Å². The maximum absolute atomic E-state index is 11.8. The minimum atomic E-state index is 0.0265. The first-order valence-corrected chi connectivity index (χ1v) is 5.22. The van der Waals surface area contributed by atoms with E-state index in [1.54, 1.807) is 6.20 Å². The minimum Gasteiger partial charge on any atom is -0.368 e. The van der Waals surface area contributed by atoms with Crippen molar-refractivity contribution in [1.29, 1.82) is 0 Å². The summed E-state index contributed by atoms with van der Waals surface area (Å²) in [6, 6.07) is 1.90. The van der Waals surface area contributed by atoms with Gasteiger partial charge in [0.05, 0.1) is 11.6 Å². The van der Waals surface area contributed by atoms with Gasteiger partial charge in [-0.05, 0) is 25.0 Å². The van der Waals surface area contributed by atoms with Gasteiger partial charge in [-0.2, -0.15) is 0 Å². The Labute approximate surface area is 89.1 Å². The van der Waals surface area contributed by atoms with Crippen LogP contribution in [0.25, 0.3) is 0 Å². The van der Waals surface area contributed by atoms with Crippen LogP contribution in [0, 0.1) is 12.8 Å². The number of rotatable bonds is 1. The lowest BCUT2D eigenvalue weighted by Gasteiger charge is -2.09. The van der Waals surface area contributed by atoms with Gasteiger partial charge in [0.1, 0.15) is 5.82 Å². The van der Waals surface area contributed by atoms with E-state index < -0.39 is 0 Å². The Morgan fingerprint density at radius 3 is 3.13 bits per heavy atom. The molecule has 4 nitrogen and oxygen atoms in total. The van der Waals surface area contributed by atoms with Crippen LogP contribution in [0.15, 0.2) is 12.3 Å². The van der Waals surface area contributed by atoms with Crippen molar-refractivity contribution in [2.75, 3.05) is 17.2 Å². The molecule has 0 aliphatic carbocycles. The summed E-state index contributed by atoms with van der Waals surface area (Å²) in [5.41, 5.74) is 1.86. The normalized spacial score (nSPS) is 19.9. The van der Waals surface area contributed by atoms with Crippen molar-refractivity contribution in [3.63, 3.8) is 0 Å². The molecule has 0 fully saturated rings. The van der Waals surface area contributed by atoms with Gasteiger partial charge >= 0.3 is 0 Å². The molecule has 2 N–H and O–H groups in total. The summed E-state index contributed by atoms with van der Waals surface area (Å²) >= 11 is 0. The van der Waals surface area contributed by atoms with E-state index in [9.17, 15) is 4.79 Å². The number of hydrogen-bond acceptors (Lipinski definition) is 3. The van der Waals surface area contributed by atoms with Crippen LogP contribution in [0.2, 0.25) is 0 Å². The van der Waals surface area contributed by atoms with E-state index in [0.29, 0.717) is 6.54 Å². The van der Waals surface area contributed by atoms with Crippen LogP contribution in [0.3, 0.4) is 0 Å². The molecule has 2 rings (SSSR count). The monoisotopic (exact) mass is 205 g/mol. The van der Waals surface area contributed by atoms with E-state index >= 15 is 0 Å². The van der Waals surface area contributed by atoms with Crippen molar-refractivity contribution in [3.05, 3.63) is 17.8 Å². The molecule has 1 aliphatic heterocycles. The summed E-state index contributed by atoms with van der Waals surface area (Å²) in [5.74, 6) is 0.887. The Hall–Kier alpha value is -1.58. The molecular weight excluding hydrogens is 190 g/mol. The van der Waals surface area contributed by atoms with Gasteiger partial charge in [0.2, 0.25) is 5.91 Å². The molecule has 1 unspecified atom stereocenters. The number of pyridine rings is 1. The minimum absolute atomic E-state index is 0.0265. The van der Waals surface area contributed by atoms with Gasteiger partial charge in [-0.25, -0.2) is 4.98 Å². The van der Waals surface area contributed by atoms with Crippen molar-refractivity contribution in [3.8, 4) is 0 Å². The number of amides is 1. The molecule has 80 valence electrons. The number of fused-ring (bicyclic) bond motifs is 1. The first-order valence-electron chi connectivity index (χ1n) is 5.22. The second-order valence-corrected chi connectivity index (χ2v) is 3.83. The van der Waals surface area contributed by atoms with Gasteiger partial charge < -0.3 is 10.6 Å². The summed E-state index contributed by atoms with van der Waals surface area (Å²) < 4.78 is 0. The third-order valence-corrected chi connectivity index (χ3v) is 2.79. The summed E-state index contributed by atoms with van der Waals surface area (Å²) in [4.78, 5) is 16.0. The maximum atomic E-state index is 11.8. The Balaban J connectivity index is 2.36. The molecule has 0 saturated carbocycles. The predicted octanol–water partition coefficient (Wildman–Crippen LogP) is 1.78. The SMILES string of the molecule is CCC1CNc2nccc(C)c2NC1=O.